The van der Waals surface area contributed by atoms with E-state index in [0.717, 1.165) is 36.7 Å². The number of carbonyl (C=O) groups is 1. The molecule has 2 fully saturated rings. The topological polar surface area (TPSA) is 97.6 Å². The number of rotatable bonds is 5. The number of aromatic nitrogens is 2. The Morgan fingerprint density at radius 2 is 2.08 bits per heavy atom. The van der Waals surface area contributed by atoms with Crippen molar-refractivity contribution in [3.05, 3.63) is 23.5 Å². The van der Waals surface area contributed by atoms with Crippen LogP contribution in [0.1, 0.15) is 50.2 Å². The van der Waals surface area contributed by atoms with Crippen LogP contribution in [0.2, 0.25) is 0 Å². The molecule has 2 heterocycles. The van der Waals surface area contributed by atoms with E-state index in [4.69, 9.17) is 10.3 Å². The summed E-state index contributed by atoms with van der Waals surface area (Å²) in [6.45, 7) is 3.25. The number of piperidine rings is 1. The first-order valence-corrected chi connectivity index (χ1v) is 8.59. The highest BCUT2D eigenvalue weighted by atomic mass is 16.5. The Morgan fingerprint density at radius 1 is 1.38 bits per heavy atom. The number of hydrogen-bond donors (Lipinski definition) is 1. The molecule has 1 saturated carbocycles. The normalized spacial score (nSPS) is 20.5. The van der Waals surface area contributed by atoms with Gasteiger partial charge in [-0.3, -0.25) is 9.79 Å². The van der Waals surface area contributed by atoms with Crippen molar-refractivity contribution in [3.8, 4) is 0 Å². The van der Waals surface area contributed by atoms with Crippen LogP contribution in [0.4, 0.5) is 0 Å². The molecule has 7 nitrogen and oxygen atoms in total. The summed E-state index contributed by atoms with van der Waals surface area (Å²) < 4.78 is 5.35. The van der Waals surface area contributed by atoms with Crippen molar-refractivity contribution in [1.82, 2.24) is 15.0 Å². The van der Waals surface area contributed by atoms with Gasteiger partial charge < -0.3 is 15.2 Å². The van der Waals surface area contributed by atoms with E-state index in [9.17, 15) is 4.79 Å². The summed E-state index contributed by atoms with van der Waals surface area (Å²) in [6.07, 6.45) is 6.65. The van der Waals surface area contributed by atoms with Crippen LogP contribution in [-0.2, 0) is 11.2 Å². The van der Waals surface area contributed by atoms with Gasteiger partial charge in [-0.2, -0.15) is 4.98 Å². The summed E-state index contributed by atoms with van der Waals surface area (Å²) >= 11 is 0. The van der Waals surface area contributed by atoms with Crippen LogP contribution in [0.25, 0.3) is 0 Å². The standard InChI is InChI=1S/C17H25N5O2/c1-11(19-2)9-14(18)17(23)22-7-5-12(6-8-22)10-15-20-16(21-24-15)13-3-4-13/h9,12-13H,3-8,10,18H2,1-2H3/b14-9-,19-11?. The summed E-state index contributed by atoms with van der Waals surface area (Å²) in [4.78, 5) is 22.6. The van der Waals surface area contributed by atoms with Crippen LogP contribution < -0.4 is 5.73 Å². The zero-order chi connectivity index (χ0) is 17.1. The Labute approximate surface area is 142 Å². The maximum atomic E-state index is 12.3. The van der Waals surface area contributed by atoms with E-state index in [0.29, 0.717) is 24.9 Å². The predicted molar refractivity (Wildman–Crippen MR) is 90.6 cm³/mol. The van der Waals surface area contributed by atoms with Crippen molar-refractivity contribution < 1.29 is 9.32 Å². The quantitative estimate of drug-likeness (QED) is 0.653. The summed E-state index contributed by atoms with van der Waals surface area (Å²) in [5, 5.41) is 4.06. The second-order valence-electron chi connectivity index (χ2n) is 6.72. The fraction of sp³-hybridized carbons (Fsp3) is 0.647. The van der Waals surface area contributed by atoms with Gasteiger partial charge in [0.2, 0.25) is 5.89 Å². The third kappa shape index (κ3) is 4.01. The number of nitrogens with zero attached hydrogens (tertiary/aromatic N) is 4. The van der Waals surface area contributed by atoms with Crippen molar-refractivity contribution in [2.75, 3.05) is 20.1 Å². The number of nitrogens with two attached hydrogens (primary N) is 1. The maximum Gasteiger partial charge on any atom is 0.269 e. The Bertz CT molecular complexity index is 652. The predicted octanol–water partition coefficient (Wildman–Crippen LogP) is 1.66. The van der Waals surface area contributed by atoms with Crippen LogP contribution >= 0.6 is 0 Å². The first-order chi connectivity index (χ1) is 11.6. The second-order valence-corrected chi connectivity index (χ2v) is 6.72. The number of allylic oxidation sites excluding steroid dienone is 1. The van der Waals surface area contributed by atoms with Crippen molar-refractivity contribution in [2.45, 2.75) is 44.9 Å². The van der Waals surface area contributed by atoms with Crippen molar-refractivity contribution in [2.24, 2.45) is 16.6 Å². The minimum atomic E-state index is -0.106. The average molecular weight is 331 g/mol. The van der Waals surface area contributed by atoms with E-state index < -0.39 is 0 Å². The highest BCUT2D eigenvalue weighted by molar-refractivity contribution is 6.02. The summed E-state index contributed by atoms with van der Waals surface area (Å²) in [5.41, 5.74) is 6.88. The van der Waals surface area contributed by atoms with Crippen LogP contribution in [0.3, 0.4) is 0 Å². The van der Waals surface area contributed by atoms with Gasteiger partial charge in [0.25, 0.3) is 5.91 Å². The number of likely N-dealkylation sites (tertiary alicyclic amines) is 1. The van der Waals surface area contributed by atoms with E-state index in [1.54, 1.807) is 13.1 Å². The lowest BCUT2D eigenvalue weighted by Crippen LogP contribution is -2.41. The van der Waals surface area contributed by atoms with Gasteiger partial charge in [0.1, 0.15) is 0 Å². The minimum absolute atomic E-state index is 0.106. The Kier molecular flexibility index (Phi) is 4.97. The number of aliphatic imine (C=N–C) groups is 1. The number of carbonyl (C=O) groups excluding carboxylic acids is 1. The molecule has 0 radical (unpaired) electrons. The molecule has 2 N–H and O–H groups in total. The van der Waals surface area contributed by atoms with Crippen LogP contribution in [-0.4, -0.2) is 46.8 Å². The smallest absolute Gasteiger partial charge is 0.269 e. The zero-order valence-electron chi connectivity index (χ0n) is 14.4. The van der Waals surface area contributed by atoms with Gasteiger partial charge in [0, 0.05) is 38.2 Å². The summed E-state index contributed by atoms with van der Waals surface area (Å²) in [6, 6.07) is 0. The lowest BCUT2D eigenvalue weighted by Gasteiger charge is -2.31. The molecule has 7 heteroatoms. The molecular formula is C17H25N5O2. The lowest BCUT2D eigenvalue weighted by molar-refractivity contribution is -0.128. The van der Waals surface area contributed by atoms with Gasteiger partial charge in [0.05, 0.1) is 5.70 Å². The third-order valence-electron chi connectivity index (χ3n) is 4.76. The van der Waals surface area contributed by atoms with Gasteiger partial charge in [-0.15, -0.1) is 0 Å². The van der Waals surface area contributed by atoms with Crippen LogP contribution in [0.5, 0.6) is 0 Å². The monoisotopic (exact) mass is 331 g/mol. The molecule has 1 aromatic rings. The molecule has 1 aliphatic carbocycles. The largest absolute Gasteiger partial charge is 0.394 e. The molecule has 24 heavy (non-hydrogen) atoms. The lowest BCUT2D eigenvalue weighted by atomic mass is 9.93. The van der Waals surface area contributed by atoms with E-state index in [2.05, 4.69) is 15.1 Å². The first-order valence-electron chi connectivity index (χ1n) is 8.59. The van der Waals surface area contributed by atoms with E-state index in [-0.39, 0.29) is 11.6 Å². The molecule has 0 spiro atoms. The fourth-order valence-corrected chi connectivity index (χ4v) is 2.98. The van der Waals surface area contributed by atoms with Gasteiger partial charge in [-0.1, -0.05) is 5.16 Å². The summed E-state index contributed by atoms with van der Waals surface area (Å²) in [5.74, 6) is 2.49. The minimum Gasteiger partial charge on any atom is -0.394 e. The fourth-order valence-electron chi connectivity index (χ4n) is 2.98. The van der Waals surface area contributed by atoms with Crippen molar-refractivity contribution in [1.29, 1.82) is 0 Å². The Morgan fingerprint density at radius 3 is 2.71 bits per heavy atom. The Hall–Kier alpha value is -2.18. The highest BCUT2D eigenvalue weighted by Crippen LogP contribution is 2.38. The molecule has 1 amide bonds. The van der Waals surface area contributed by atoms with E-state index in [1.165, 1.54) is 12.8 Å². The SMILES string of the molecule is CN=C(C)/C=C(\N)C(=O)N1CCC(Cc2nc(C3CC3)no2)CC1. The molecule has 0 unspecified atom stereocenters. The molecule has 130 valence electrons. The molecule has 0 aromatic carbocycles. The number of hydrogen-bond acceptors (Lipinski definition) is 6. The van der Waals surface area contributed by atoms with E-state index in [1.807, 2.05) is 11.8 Å². The van der Waals surface area contributed by atoms with Crippen LogP contribution in [0, 0.1) is 5.92 Å². The molecule has 2 aliphatic rings. The molecule has 1 saturated heterocycles. The highest BCUT2D eigenvalue weighted by Gasteiger charge is 2.30. The molecule has 0 bridgehead atoms. The van der Waals surface area contributed by atoms with Gasteiger partial charge in [0.15, 0.2) is 5.82 Å². The molecule has 0 atom stereocenters. The van der Waals surface area contributed by atoms with Crippen molar-refractivity contribution >= 4 is 11.6 Å². The number of amides is 1. The van der Waals surface area contributed by atoms with Gasteiger partial charge in [-0.25, -0.2) is 0 Å². The third-order valence-corrected chi connectivity index (χ3v) is 4.76. The Balaban J connectivity index is 1.49. The van der Waals surface area contributed by atoms with E-state index >= 15 is 0 Å². The van der Waals surface area contributed by atoms with Crippen molar-refractivity contribution in [3.63, 3.8) is 0 Å². The first kappa shape index (κ1) is 16.7. The average Bonchev–Trinajstić information content (AvgIpc) is 3.34. The second kappa shape index (κ2) is 7.15. The van der Waals surface area contributed by atoms with Gasteiger partial charge >= 0.3 is 0 Å². The maximum absolute atomic E-state index is 12.3. The molecule has 1 aliphatic heterocycles. The molecular weight excluding hydrogens is 306 g/mol. The van der Waals surface area contributed by atoms with Gasteiger partial charge in [-0.05, 0) is 44.6 Å². The molecule has 1 aromatic heterocycles. The van der Waals surface area contributed by atoms with Crippen LogP contribution in [0.15, 0.2) is 21.3 Å². The summed E-state index contributed by atoms with van der Waals surface area (Å²) in [7, 11) is 1.68. The zero-order valence-corrected chi connectivity index (χ0v) is 14.4. The molecule has 3 rings (SSSR count).